The van der Waals surface area contributed by atoms with Crippen molar-refractivity contribution in [3.8, 4) is 0 Å². The number of rotatable bonds is 1. The number of hydrogen-bond acceptors (Lipinski definition) is 1. The maximum atomic E-state index is 6.06. The lowest BCUT2D eigenvalue weighted by atomic mass is 9.91. The second kappa shape index (κ2) is 3.53. The molecule has 2 aromatic heterocycles. The summed E-state index contributed by atoms with van der Waals surface area (Å²) in [5.41, 5.74) is 2.19. The molecule has 2 rings (SSSR count). The predicted octanol–water partition coefficient (Wildman–Crippen LogP) is 3.58. The standard InChI is InChI=1S/C12H15ClN2/c1-12(2,3)7-9-8-15-6-4-5-10(13)11(15)14-9/h4-6,8H,7H2,1-3H3. The minimum Gasteiger partial charge on any atom is -0.306 e. The summed E-state index contributed by atoms with van der Waals surface area (Å²) < 4.78 is 1.98. The van der Waals surface area contributed by atoms with Crippen LogP contribution in [0.25, 0.3) is 5.65 Å². The predicted molar refractivity (Wildman–Crippen MR) is 63.4 cm³/mol. The van der Waals surface area contributed by atoms with Crippen molar-refractivity contribution in [3.05, 3.63) is 35.2 Å². The van der Waals surface area contributed by atoms with Crippen LogP contribution in [0, 0.1) is 5.41 Å². The molecule has 0 fully saturated rings. The summed E-state index contributed by atoms with van der Waals surface area (Å²) in [4.78, 5) is 4.53. The minimum absolute atomic E-state index is 0.254. The van der Waals surface area contributed by atoms with Gasteiger partial charge >= 0.3 is 0 Å². The van der Waals surface area contributed by atoms with E-state index in [1.54, 1.807) is 0 Å². The molecule has 0 bridgehead atoms. The van der Waals surface area contributed by atoms with Gasteiger partial charge in [0, 0.05) is 12.4 Å². The largest absolute Gasteiger partial charge is 0.306 e. The van der Waals surface area contributed by atoms with Crippen LogP contribution < -0.4 is 0 Å². The Kier molecular flexibility index (Phi) is 2.47. The molecule has 0 atom stereocenters. The molecule has 0 aliphatic rings. The number of aromatic nitrogens is 2. The third-order valence-electron chi connectivity index (χ3n) is 2.20. The zero-order chi connectivity index (χ0) is 11.1. The smallest absolute Gasteiger partial charge is 0.155 e. The van der Waals surface area contributed by atoms with E-state index in [0.29, 0.717) is 5.02 Å². The van der Waals surface area contributed by atoms with Crippen molar-refractivity contribution in [2.75, 3.05) is 0 Å². The van der Waals surface area contributed by atoms with E-state index in [-0.39, 0.29) is 5.41 Å². The highest BCUT2D eigenvalue weighted by Gasteiger charge is 2.14. The fraction of sp³-hybridized carbons (Fsp3) is 0.417. The molecule has 0 saturated carbocycles. The monoisotopic (exact) mass is 222 g/mol. The molecule has 2 heterocycles. The zero-order valence-electron chi connectivity index (χ0n) is 9.29. The highest BCUT2D eigenvalue weighted by atomic mass is 35.5. The first kappa shape index (κ1) is 10.5. The van der Waals surface area contributed by atoms with Crippen LogP contribution >= 0.6 is 11.6 Å². The van der Waals surface area contributed by atoms with E-state index in [1.807, 2.05) is 28.9 Å². The zero-order valence-corrected chi connectivity index (χ0v) is 10.0. The van der Waals surface area contributed by atoms with Gasteiger partial charge in [0.15, 0.2) is 5.65 Å². The van der Waals surface area contributed by atoms with Gasteiger partial charge in [0.2, 0.25) is 0 Å². The molecule has 0 N–H and O–H groups in total. The molecular formula is C12H15ClN2. The average molecular weight is 223 g/mol. The van der Waals surface area contributed by atoms with Gasteiger partial charge in [-0.2, -0.15) is 0 Å². The van der Waals surface area contributed by atoms with Crippen molar-refractivity contribution in [3.63, 3.8) is 0 Å². The summed E-state index contributed by atoms with van der Waals surface area (Å²) in [6.45, 7) is 6.62. The van der Waals surface area contributed by atoms with E-state index >= 15 is 0 Å². The quantitative estimate of drug-likeness (QED) is 0.721. The first-order valence-corrected chi connectivity index (χ1v) is 5.46. The van der Waals surface area contributed by atoms with Crippen LogP contribution in [-0.2, 0) is 6.42 Å². The van der Waals surface area contributed by atoms with Crippen LogP contribution in [0.1, 0.15) is 26.5 Å². The topological polar surface area (TPSA) is 17.3 Å². The van der Waals surface area contributed by atoms with Crippen molar-refractivity contribution in [2.24, 2.45) is 5.41 Å². The van der Waals surface area contributed by atoms with Crippen molar-refractivity contribution >= 4 is 17.2 Å². The fourth-order valence-electron chi connectivity index (χ4n) is 1.66. The Labute approximate surface area is 94.9 Å². The van der Waals surface area contributed by atoms with Crippen LogP contribution in [0.5, 0.6) is 0 Å². The molecule has 0 unspecified atom stereocenters. The van der Waals surface area contributed by atoms with Crippen LogP contribution in [-0.4, -0.2) is 9.38 Å². The summed E-state index contributed by atoms with van der Waals surface area (Å²) in [7, 11) is 0. The van der Waals surface area contributed by atoms with Crippen molar-refractivity contribution in [2.45, 2.75) is 27.2 Å². The number of fused-ring (bicyclic) bond motifs is 1. The van der Waals surface area contributed by atoms with Gasteiger partial charge in [-0.25, -0.2) is 4.98 Å². The molecular weight excluding hydrogens is 208 g/mol. The summed E-state index contributed by atoms with van der Waals surface area (Å²) in [6, 6.07) is 3.79. The summed E-state index contributed by atoms with van der Waals surface area (Å²) in [6.07, 6.45) is 4.98. The number of hydrogen-bond donors (Lipinski definition) is 0. The molecule has 0 saturated heterocycles. The van der Waals surface area contributed by atoms with Crippen LogP contribution in [0.15, 0.2) is 24.5 Å². The van der Waals surface area contributed by atoms with Gasteiger partial charge in [0.1, 0.15) is 0 Å². The number of nitrogens with zero attached hydrogens (tertiary/aromatic N) is 2. The Morgan fingerprint density at radius 2 is 2.13 bits per heavy atom. The lowest BCUT2D eigenvalue weighted by Gasteiger charge is -2.15. The van der Waals surface area contributed by atoms with E-state index in [9.17, 15) is 0 Å². The molecule has 3 heteroatoms. The average Bonchev–Trinajstić information content (AvgIpc) is 2.45. The Bertz CT molecular complexity index is 480. The first-order chi connectivity index (χ1) is 6.96. The molecule has 2 nitrogen and oxygen atoms in total. The van der Waals surface area contributed by atoms with E-state index in [0.717, 1.165) is 17.8 Å². The summed E-state index contributed by atoms with van der Waals surface area (Å²) >= 11 is 6.06. The van der Waals surface area contributed by atoms with E-state index in [4.69, 9.17) is 11.6 Å². The molecule has 80 valence electrons. The van der Waals surface area contributed by atoms with Gasteiger partial charge in [-0.3, -0.25) is 0 Å². The molecule has 0 spiro atoms. The van der Waals surface area contributed by atoms with E-state index in [2.05, 4.69) is 25.8 Å². The molecule has 2 aromatic rings. The lowest BCUT2D eigenvalue weighted by molar-refractivity contribution is 0.407. The first-order valence-electron chi connectivity index (χ1n) is 5.08. The summed E-state index contributed by atoms with van der Waals surface area (Å²) in [5, 5.41) is 0.706. The van der Waals surface area contributed by atoms with Gasteiger partial charge in [0.25, 0.3) is 0 Å². The third kappa shape index (κ3) is 2.32. The number of halogens is 1. The lowest BCUT2D eigenvalue weighted by Crippen LogP contribution is -2.09. The number of pyridine rings is 1. The van der Waals surface area contributed by atoms with Gasteiger partial charge in [-0.05, 0) is 24.0 Å². The Morgan fingerprint density at radius 3 is 2.73 bits per heavy atom. The van der Waals surface area contributed by atoms with E-state index < -0.39 is 0 Å². The second-order valence-corrected chi connectivity index (χ2v) is 5.46. The summed E-state index contributed by atoms with van der Waals surface area (Å²) in [5.74, 6) is 0. The Balaban J connectivity index is 2.44. The normalized spacial score (nSPS) is 12.3. The maximum Gasteiger partial charge on any atom is 0.155 e. The maximum absolute atomic E-state index is 6.06. The van der Waals surface area contributed by atoms with Crippen molar-refractivity contribution < 1.29 is 0 Å². The van der Waals surface area contributed by atoms with Crippen LogP contribution in [0.4, 0.5) is 0 Å². The molecule has 0 amide bonds. The van der Waals surface area contributed by atoms with Crippen LogP contribution in [0.2, 0.25) is 5.02 Å². The fourth-order valence-corrected chi connectivity index (χ4v) is 1.87. The molecule has 15 heavy (non-hydrogen) atoms. The molecule has 0 aromatic carbocycles. The van der Waals surface area contributed by atoms with Gasteiger partial charge in [-0.1, -0.05) is 32.4 Å². The van der Waals surface area contributed by atoms with Gasteiger partial charge in [-0.15, -0.1) is 0 Å². The van der Waals surface area contributed by atoms with Crippen LogP contribution in [0.3, 0.4) is 0 Å². The highest BCUT2D eigenvalue weighted by molar-refractivity contribution is 6.33. The SMILES string of the molecule is CC(C)(C)Cc1cn2cccc(Cl)c2n1. The second-order valence-electron chi connectivity index (χ2n) is 5.06. The number of imidazole rings is 1. The molecule has 0 aliphatic heterocycles. The molecule has 0 aliphatic carbocycles. The van der Waals surface area contributed by atoms with E-state index in [1.165, 1.54) is 0 Å². The highest BCUT2D eigenvalue weighted by Crippen LogP contribution is 2.22. The van der Waals surface area contributed by atoms with Gasteiger partial charge in [0.05, 0.1) is 10.7 Å². The molecule has 0 radical (unpaired) electrons. The minimum atomic E-state index is 0.254. The Morgan fingerprint density at radius 1 is 1.40 bits per heavy atom. The van der Waals surface area contributed by atoms with Gasteiger partial charge < -0.3 is 4.40 Å². The van der Waals surface area contributed by atoms with Crippen molar-refractivity contribution in [1.82, 2.24) is 9.38 Å². The Hall–Kier alpha value is -1.02. The third-order valence-corrected chi connectivity index (χ3v) is 2.49. The van der Waals surface area contributed by atoms with Crippen molar-refractivity contribution in [1.29, 1.82) is 0 Å².